The van der Waals surface area contributed by atoms with Gasteiger partial charge in [0.1, 0.15) is 0 Å². The molecule has 3 N–H and O–H groups in total. The number of rotatable bonds is 7. The van der Waals surface area contributed by atoms with Crippen LogP contribution in [0.4, 0.5) is 5.95 Å². The SMILES string of the molecule is COCCCNc1nc2c(c(=O)[nH]c(=O)n2C)n1CC(C)O. The van der Waals surface area contributed by atoms with Crippen LogP contribution in [-0.2, 0) is 18.3 Å². The van der Waals surface area contributed by atoms with Gasteiger partial charge in [-0.05, 0) is 13.3 Å². The van der Waals surface area contributed by atoms with Gasteiger partial charge in [0, 0.05) is 27.3 Å². The van der Waals surface area contributed by atoms with Crippen LogP contribution in [0.5, 0.6) is 0 Å². The zero-order valence-electron chi connectivity index (χ0n) is 12.9. The van der Waals surface area contributed by atoms with Gasteiger partial charge in [-0.25, -0.2) is 4.79 Å². The average molecular weight is 311 g/mol. The Bertz CT molecular complexity index is 758. The Labute approximate surface area is 126 Å². The Kier molecular flexibility index (Phi) is 4.99. The molecule has 0 amide bonds. The number of fused-ring (bicyclic) bond motifs is 1. The highest BCUT2D eigenvalue weighted by Gasteiger charge is 2.18. The van der Waals surface area contributed by atoms with Crippen molar-refractivity contribution >= 4 is 17.1 Å². The molecule has 1 atom stereocenters. The second-order valence-electron chi connectivity index (χ2n) is 5.16. The van der Waals surface area contributed by atoms with E-state index in [1.165, 1.54) is 11.6 Å². The molecule has 122 valence electrons. The molecule has 2 rings (SSSR count). The van der Waals surface area contributed by atoms with Crippen LogP contribution in [-0.4, -0.2) is 50.6 Å². The molecule has 0 aliphatic heterocycles. The Morgan fingerprint density at radius 2 is 2.18 bits per heavy atom. The van der Waals surface area contributed by atoms with Crippen molar-refractivity contribution in [3.63, 3.8) is 0 Å². The van der Waals surface area contributed by atoms with Crippen LogP contribution in [0.15, 0.2) is 9.59 Å². The fourth-order valence-electron chi connectivity index (χ4n) is 2.23. The highest BCUT2D eigenvalue weighted by molar-refractivity contribution is 5.74. The predicted molar refractivity (Wildman–Crippen MR) is 82.3 cm³/mol. The molecule has 2 aromatic rings. The van der Waals surface area contributed by atoms with Crippen molar-refractivity contribution in [1.29, 1.82) is 0 Å². The van der Waals surface area contributed by atoms with Gasteiger partial charge in [-0.15, -0.1) is 0 Å². The Balaban J connectivity index is 2.50. The fraction of sp³-hybridized carbons (Fsp3) is 0.615. The van der Waals surface area contributed by atoms with Crippen LogP contribution in [0.1, 0.15) is 13.3 Å². The number of anilines is 1. The summed E-state index contributed by atoms with van der Waals surface area (Å²) in [5, 5.41) is 12.8. The summed E-state index contributed by atoms with van der Waals surface area (Å²) in [5.41, 5.74) is -0.498. The monoisotopic (exact) mass is 311 g/mol. The molecule has 1 unspecified atom stereocenters. The van der Waals surface area contributed by atoms with Crippen molar-refractivity contribution in [2.24, 2.45) is 7.05 Å². The van der Waals surface area contributed by atoms with E-state index >= 15 is 0 Å². The number of aromatic nitrogens is 4. The van der Waals surface area contributed by atoms with Crippen LogP contribution in [0.2, 0.25) is 0 Å². The van der Waals surface area contributed by atoms with Gasteiger partial charge in [0.2, 0.25) is 5.95 Å². The van der Waals surface area contributed by atoms with E-state index in [4.69, 9.17) is 4.74 Å². The largest absolute Gasteiger partial charge is 0.392 e. The summed E-state index contributed by atoms with van der Waals surface area (Å²) in [6, 6.07) is 0. The van der Waals surface area contributed by atoms with E-state index in [-0.39, 0.29) is 17.7 Å². The van der Waals surface area contributed by atoms with Crippen LogP contribution < -0.4 is 16.6 Å². The Hall–Kier alpha value is -2.13. The van der Waals surface area contributed by atoms with Crippen molar-refractivity contribution < 1.29 is 9.84 Å². The van der Waals surface area contributed by atoms with Crippen molar-refractivity contribution in [1.82, 2.24) is 19.1 Å². The predicted octanol–water partition coefficient (Wildman–Crippen LogP) is -0.747. The first kappa shape index (κ1) is 16.2. The number of aromatic amines is 1. The third kappa shape index (κ3) is 3.20. The van der Waals surface area contributed by atoms with Gasteiger partial charge in [-0.1, -0.05) is 0 Å². The summed E-state index contributed by atoms with van der Waals surface area (Å²) in [6.07, 6.45) is 0.109. The molecule has 0 fully saturated rings. The quantitative estimate of drug-likeness (QED) is 0.580. The molecule has 0 aliphatic carbocycles. The van der Waals surface area contributed by atoms with Crippen molar-refractivity contribution in [2.45, 2.75) is 26.0 Å². The summed E-state index contributed by atoms with van der Waals surface area (Å²) in [5.74, 6) is 0.443. The minimum Gasteiger partial charge on any atom is -0.392 e. The van der Waals surface area contributed by atoms with Crippen molar-refractivity contribution in [3.8, 4) is 0 Å². The number of imidazole rings is 1. The summed E-state index contributed by atoms with van der Waals surface area (Å²) < 4.78 is 7.84. The van der Waals surface area contributed by atoms with E-state index in [1.54, 1.807) is 18.6 Å². The minimum absolute atomic E-state index is 0.199. The highest BCUT2D eigenvalue weighted by Crippen LogP contribution is 2.15. The normalized spacial score (nSPS) is 12.7. The first-order chi connectivity index (χ1) is 10.5. The summed E-state index contributed by atoms with van der Waals surface area (Å²) in [4.78, 5) is 30.3. The fourth-order valence-corrected chi connectivity index (χ4v) is 2.23. The number of nitrogens with one attached hydrogen (secondary N) is 2. The maximum absolute atomic E-state index is 12.1. The first-order valence-corrected chi connectivity index (χ1v) is 7.06. The van der Waals surface area contributed by atoms with Gasteiger partial charge in [0.25, 0.3) is 5.56 Å². The van der Waals surface area contributed by atoms with Crippen molar-refractivity contribution in [3.05, 3.63) is 20.8 Å². The molecule has 0 saturated carbocycles. The van der Waals surface area contributed by atoms with Gasteiger partial charge in [-0.3, -0.25) is 14.3 Å². The van der Waals surface area contributed by atoms with Gasteiger partial charge in [0.15, 0.2) is 11.2 Å². The van der Waals surface area contributed by atoms with Gasteiger partial charge in [0.05, 0.1) is 12.6 Å². The molecule has 2 heterocycles. The first-order valence-electron chi connectivity index (χ1n) is 7.06. The van der Waals surface area contributed by atoms with Gasteiger partial charge in [-0.2, -0.15) is 4.98 Å². The van der Waals surface area contributed by atoms with Crippen LogP contribution in [0, 0.1) is 0 Å². The molecule has 22 heavy (non-hydrogen) atoms. The smallest absolute Gasteiger partial charge is 0.329 e. The van der Waals surface area contributed by atoms with Crippen LogP contribution in [0.25, 0.3) is 11.2 Å². The topological polar surface area (TPSA) is 114 Å². The number of ether oxygens (including phenoxy) is 1. The molecule has 0 saturated heterocycles. The number of hydrogen-bond donors (Lipinski definition) is 3. The maximum Gasteiger partial charge on any atom is 0.329 e. The third-order valence-corrected chi connectivity index (χ3v) is 3.26. The zero-order chi connectivity index (χ0) is 16.3. The lowest BCUT2D eigenvalue weighted by Crippen LogP contribution is -2.29. The summed E-state index contributed by atoms with van der Waals surface area (Å²) >= 11 is 0. The van der Waals surface area contributed by atoms with E-state index in [9.17, 15) is 14.7 Å². The van der Waals surface area contributed by atoms with E-state index in [1.807, 2.05) is 0 Å². The minimum atomic E-state index is -0.659. The molecule has 9 nitrogen and oxygen atoms in total. The summed E-state index contributed by atoms with van der Waals surface area (Å²) in [6.45, 7) is 3.02. The van der Waals surface area contributed by atoms with Gasteiger partial charge < -0.3 is 19.7 Å². The van der Waals surface area contributed by atoms with E-state index in [0.29, 0.717) is 19.1 Å². The lowest BCUT2D eigenvalue weighted by atomic mass is 10.4. The maximum atomic E-state index is 12.1. The number of H-pyrrole nitrogens is 1. The molecule has 0 radical (unpaired) electrons. The van der Waals surface area contributed by atoms with Crippen LogP contribution in [0.3, 0.4) is 0 Å². The number of aryl methyl sites for hydroxylation is 1. The lowest BCUT2D eigenvalue weighted by Gasteiger charge is -2.11. The molecule has 9 heteroatoms. The number of hydrogen-bond acceptors (Lipinski definition) is 6. The highest BCUT2D eigenvalue weighted by atomic mass is 16.5. The second-order valence-corrected chi connectivity index (χ2v) is 5.16. The van der Waals surface area contributed by atoms with E-state index in [0.717, 1.165) is 6.42 Å². The summed E-state index contributed by atoms with van der Waals surface area (Å²) in [7, 11) is 3.16. The number of aliphatic hydroxyl groups excluding tert-OH is 1. The van der Waals surface area contributed by atoms with E-state index in [2.05, 4.69) is 15.3 Å². The molecule has 0 spiro atoms. The standard InChI is InChI=1S/C13H21N5O4/c1-8(19)7-18-9-10(17(2)13(21)16-11(9)20)15-12(18)14-5-4-6-22-3/h8,19H,4-7H2,1-3H3,(H,14,15)(H,16,20,21). The lowest BCUT2D eigenvalue weighted by molar-refractivity contribution is 0.175. The molecular weight excluding hydrogens is 290 g/mol. The average Bonchev–Trinajstić information content (AvgIpc) is 2.80. The molecule has 0 bridgehead atoms. The molecule has 0 aliphatic rings. The van der Waals surface area contributed by atoms with Crippen LogP contribution >= 0.6 is 0 Å². The molecular formula is C13H21N5O4. The van der Waals surface area contributed by atoms with Crippen molar-refractivity contribution in [2.75, 3.05) is 25.6 Å². The van der Waals surface area contributed by atoms with Gasteiger partial charge >= 0.3 is 5.69 Å². The van der Waals surface area contributed by atoms with E-state index < -0.39 is 17.4 Å². The molecule has 0 aromatic carbocycles. The second kappa shape index (κ2) is 6.75. The Morgan fingerprint density at radius 3 is 2.82 bits per heavy atom. The number of nitrogens with zero attached hydrogens (tertiary/aromatic N) is 3. The third-order valence-electron chi connectivity index (χ3n) is 3.26. The Morgan fingerprint density at radius 1 is 1.45 bits per heavy atom. The number of aliphatic hydroxyl groups is 1. The number of methoxy groups -OCH3 is 1. The molecule has 2 aromatic heterocycles. The zero-order valence-corrected chi connectivity index (χ0v) is 12.9.